The van der Waals surface area contributed by atoms with E-state index in [9.17, 15) is 0 Å². The first-order valence-corrected chi connectivity index (χ1v) is 4.84. The summed E-state index contributed by atoms with van der Waals surface area (Å²) in [4.78, 5) is 4.20. The zero-order chi connectivity index (χ0) is 9.68. The van der Waals surface area contributed by atoms with Gasteiger partial charge in [0.15, 0.2) is 0 Å². The monoisotopic (exact) mass is 182 g/mol. The van der Waals surface area contributed by atoms with Crippen LogP contribution >= 0.6 is 0 Å². The van der Waals surface area contributed by atoms with Gasteiger partial charge < -0.3 is 5.32 Å². The Kier molecular flexibility index (Phi) is 3.89. The molecule has 1 aromatic heterocycles. The molecule has 1 N–H and O–H groups in total. The molecule has 1 aromatic rings. The van der Waals surface area contributed by atoms with E-state index in [1.54, 1.807) is 6.33 Å². The summed E-state index contributed by atoms with van der Waals surface area (Å²) in [6.45, 7) is 5.32. The number of hydrogen-bond acceptors (Lipinski definition) is 3. The van der Waals surface area contributed by atoms with E-state index < -0.39 is 0 Å². The molecule has 0 saturated heterocycles. The molecule has 0 aliphatic carbocycles. The van der Waals surface area contributed by atoms with E-state index in [0.717, 1.165) is 25.2 Å². The number of aromatic nitrogens is 3. The second-order valence-corrected chi connectivity index (χ2v) is 3.17. The molecule has 1 unspecified atom stereocenters. The summed E-state index contributed by atoms with van der Waals surface area (Å²) in [5.74, 6) is 1.05. The van der Waals surface area contributed by atoms with E-state index in [1.807, 2.05) is 11.7 Å². The van der Waals surface area contributed by atoms with Crippen LogP contribution in [0.25, 0.3) is 0 Å². The molecule has 0 amide bonds. The first-order chi connectivity index (χ1) is 6.27. The van der Waals surface area contributed by atoms with Gasteiger partial charge in [-0.25, -0.2) is 4.98 Å². The van der Waals surface area contributed by atoms with Gasteiger partial charge in [-0.3, -0.25) is 4.68 Å². The highest BCUT2D eigenvalue weighted by Gasteiger charge is 2.08. The van der Waals surface area contributed by atoms with Gasteiger partial charge in [0.05, 0.1) is 0 Å². The Bertz CT molecular complexity index is 244. The molecule has 0 aromatic carbocycles. The van der Waals surface area contributed by atoms with Gasteiger partial charge in [0.2, 0.25) is 0 Å². The van der Waals surface area contributed by atoms with Crippen molar-refractivity contribution in [3.63, 3.8) is 0 Å². The van der Waals surface area contributed by atoms with Gasteiger partial charge in [0.1, 0.15) is 12.2 Å². The van der Waals surface area contributed by atoms with E-state index >= 15 is 0 Å². The number of likely N-dealkylation sites (N-methyl/N-ethyl adjacent to an activating group) is 1. The van der Waals surface area contributed by atoms with Crippen molar-refractivity contribution in [1.82, 2.24) is 20.1 Å². The van der Waals surface area contributed by atoms with Gasteiger partial charge in [-0.2, -0.15) is 5.10 Å². The van der Waals surface area contributed by atoms with Crippen LogP contribution < -0.4 is 5.32 Å². The van der Waals surface area contributed by atoms with Gasteiger partial charge in [-0.1, -0.05) is 13.8 Å². The molecule has 13 heavy (non-hydrogen) atoms. The molecule has 1 atom stereocenters. The van der Waals surface area contributed by atoms with Crippen LogP contribution in [0.15, 0.2) is 6.33 Å². The van der Waals surface area contributed by atoms with Gasteiger partial charge >= 0.3 is 0 Å². The minimum Gasteiger partial charge on any atom is -0.314 e. The fraction of sp³-hybridized carbons (Fsp3) is 0.778. The van der Waals surface area contributed by atoms with Crippen LogP contribution in [0.5, 0.6) is 0 Å². The van der Waals surface area contributed by atoms with Crippen molar-refractivity contribution in [1.29, 1.82) is 0 Å². The van der Waals surface area contributed by atoms with Crippen LogP contribution in [0.4, 0.5) is 0 Å². The summed E-state index contributed by atoms with van der Waals surface area (Å²) in [5, 5.41) is 7.46. The summed E-state index contributed by atoms with van der Waals surface area (Å²) < 4.78 is 1.83. The summed E-state index contributed by atoms with van der Waals surface area (Å²) in [6, 6.07) is 0.521. The average Bonchev–Trinajstić information content (AvgIpc) is 2.51. The Balaban J connectivity index is 2.51. The molecule has 0 aliphatic heterocycles. The summed E-state index contributed by atoms with van der Waals surface area (Å²) in [6.07, 6.45) is 3.69. The molecule has 74 valence electrons. The number of nitrogens with one attached hydrogen (secondary N) is 1. The summed E-state index contributed by atoms with van der Waals surface area (Å²) in [7, 11) is 1.93. The standard InChI is InChI=1S/C9H18N4/c1-4-8(10-5-2)6-9-11-7-12-13(9)3/h7-8,10H,4-6H2,1-3H3. The Hall–Kier alpha value is -0.900. The third-order valence-electron chi connectivity index (χ3n) is 2.22. The van der Waals surface area contributed by atoms with Crippen LogP contribution in [0.2, 0.25) is 0 Å². The van der Waals surface area contributed by atoms with Crippen LogP contribution in [-0.2, 0) is 13.5 Å². The Morgan fingerprint density at radius 3 is 2.77 bits per heavy atom. The predicted molar refractivity (Wildman–Crippen MR) is 52.5 cm³/mol. The van der Waals surface area contributed by atoms with Crippen LogP contribution in [0.1, 0.15) is 26.1 Å². The van der Waals surface area contributed by atoms with Crippen molar-refractivity contribution < 1.29 is 0 Å². The zero-order valence-corrected chi connectivity index (χ0v) is 8.62. The quantitative estimate of drug-likeness (QED) is 0.730. The topological polar surface area (TPSA) is 42.7 Å². The van der Waals surface area contributed by atoms with Crippen molar-refractivity contribution in [3.05, 3.63) is 12.2 Å². The molecule has 4 nitrogen and oxygen atoms in total. The molecule has 0 radical (unpaired) electrons. The van der Waals surface area contributed by atoms with Gasteiger partial charge in [-0.05, 0) is 13.0 Å². The smallest absolute Gasteiger partial charge is 0.138 e. The van der Waals surface area contributed by atoms with Crippen LogP contribution in [-0.4, -0.2) is 27.4 Å². The van der Waals surface area contributed by atoms with E-state index in [4.69, 9.17) is 0 Å². The first-order valence-electron chi connectivity index (χ1n) is 4.84. The Morgan fingerprint density at radius 1 is 1.54 bits per heavy atom. The van der Waals surface area contributed by atoms with Gasteiger partial charge in [0, 0.05) is 19.5 Å². The molecule has 0 saturated carbocycles. The molecular formula is C9H18N4. The fourth-order valence-electron chi connectivity index (χ4n) is 1.37. The second kappa shape index (κ2) is 4.97. The molecule has 0 spiro atoms. The molecule has 0 bridgehead atoms. The van der Waals surface area contributed by atoms with Gasteiger partial charge in [-0.15, -0.1) is 0 Å². The lowest BCUT2D eigenvalue weighted by Gasteiger charge is -2.14. The molecule has 1 heterocycles. The largest absolute Gasteiger partial charge is 0.314 e. The van der Waals surface area contributed by atoms with Crippen molar-refractivity contribution in [3.8, 4) is 0 Å². The van der Waals surface area contributed by atoms with Gasteiger partial charge in [0.25, 0.3) is 0 Å². The number of rotatable bonds is 5. The second-order valence-electron chi connectivity index (χ2n) is 3.17. The highest BCUT2D eigenvalue weighted by Crippen LogP contribution is 2.00. The fourth-order valence-corrected chi connectivity index (χ4v) is 1.37. The lowest BCUT2D eigenvalue weighted by Crippen LogP contribution is -2.31. The van der Waals surface area contributed by atoms with Crippen molar-refractivity contribution in [2.24, 2.45) is 7.05 Å². The third-order valence-corrected chi connectivity index (χ3v) is 2.22. The van der Waals surface area contributed by atoms with E-state index in [1.165, 1.54) is 0 Å². The number of hydrogen-bond donors (Lipinski definition) is 1. The van der Waals surface area contributed by atoms with Crippen molar-refractivity contribution in [2.45, 2.75) is 32.7 Å². The maximum Gasteiger partial charge on any atom is 0.138 e. The Morgan fingerprint density at radius 2 is 2.31 bits per heavy atom. The lowest BCUT2D eigenvalue weighted by atomic mass is 10.1. The number of aryl methyl sites for hydroxylation is 1. The van der Waals surface area contributed by atoms with E-state index in [0.29, 0.717) is 6.04 Å². The summed E-state index contributed by atoms with van der Waals surface area (Å²) in [5.41, 5.74) is 0. The third kappa shape index (κ3) is 2.81. The minimum atomic E-state index is 0.521. The molecule has 4 heteroatoms. The predicted octanol–water partition coefficient (Wildman–Crippen LogP) is 0.746. The first kappa shape index (κ1) is 10.2. The lowest BCUT2D eigenvalue weighted by molar-refractivity contribution is 0.489. The van der Waals surface area contributed by atoms with Crippen molar-refractivity contribution >= 4 is 0 Å². The minimum absolute atomic E-state index is 0.521. The van der Waals surface area contributed by atoms with Crippen molar-refractivity contribution in [2.75, 3.05) is 6.54 Å². The molecular weight excluding hydrogens is 164 g/mol. The summed E-state index contributed by atoms with van der Waals surface area (Å²) >= 11 is 0. The highest BCUT2D eigenvalue weighted by atomic mass is 15.3. The SMILES string of the molecule is CCNC(CC)Cc1ncnn1C. The van der Waals surface area contributed by atoms with Crippen LogP contribution in [0, 0.1) is 0 Å². The zero-order valence-electron chi connectivity index (χ0n) is 8.62. The molecule has 0 aliphatic rings. The maximum atomic E-state index is 4.20. The maximum absolute atomic E-state index is 4.20. The normalized spacial score (nSPS) is 13.2. The van der Waals surface area contributed by atoms with Crippen LogP contribution in [0.3, 0.4) is 0 Å². The molecule has 0 fully saturated rings. The Labute approximate surface area is 79.4 Å². The highest BCUT2D eigenvalue weighted by molar-refractivity contribution is 4.88. The number of nitrogens with zero attached hydrogens (tertiary/aromatic N) is 3. The molecule has 1 rings (SSSR count). The van der Waals surface area contributed by atoms with E-state index in [2.05, 4.69) is 29.2 Å². The average molecular weight is 182 g/mol. The van der Waals surface area contributed by atoms with E-state index in [-0.39, 0.29) is 0 Å².